The van der Waals surface area contributed by atoms with Gasteiger partial charge in [0.25, 0.3) is 0 Å². The number of fused-ring (bicyclic) bond motifs is 1. The van der Waals surface area contributed by atoms with Gasteiger partial charge in [-0.1, -0.05) is 19.0 Å². The zero-order chi connectivity index (χ0) is 11.4. The van der Waals surface area contributed by atoms with Crippen molar-refractivity contribution >= 4 is 5.71 Å². The van der Waals surface area contributed by atoms with Crippen LogP contribution >= 0.6 is 0 Å². The van der Waals surface area contributed by atoms with E-state index in [1.165, 1.54) is 0 Å². The molecule has 0 spiro atoms. The van der Waals surface area contributed by atoms with Gasteiger partial charge < -0.3 is 5.21 Å². The van der Waals surface area contributed by atoms with E-state index in [1.54, 1.807) is 0 Å². The van der Waals surface area contributed by atoms with E-state index < -0.39 is 0 Å². The van der Waals surface area contributed by atoms with Crippen LogP contribution < -0.4 is 0 Å². The normalized spacial score (nSPS) is 45.6. The number of nitrogens with zero attached hydrogens (tertiary/aromatic N) is 2. The molecule has 3 heteroatoms. The fourth-order valence-corrected chi connectivity index (χ4v) is 3.23. The Kier molecular flexibility index (Phi) is 2.16. The van der Waals surface area contributed by atoms with Crippen molar-refractivity contribution < 1.29 is 5.21 Å². The second-order valence-electron chi connectivity index (χ2n) is 6.16. The van der Waals surface area contributed by atoms with Gasteiger partial charge in [-0.2, -0.15) is 0 Å². The lowest BCUT2D eigenvalue weighted by molar-refractivity contribution is 0.197. The standard InChI is InChI=1S/C12H22N2O/c1-11(2)8-6-10(13-15)12(3,14(4)5)7-9(8)11/h8-9,15H,6-7H2,1-5H3/b13-10-/t8-,9+,12-/m0/s1. The Bertz CT molecular complexity index is 309. The van der Waals surface area contributed by atoms with Crippen LogP contribution in [0.2, 0.25) is 0 Å². The number of hydrogen-bond donors (Lipinski definition) is 1. The van der Waals surface area contributed by atoms with Crippen LogP contribution in [-0.4, -0.2) is 35.5 Å². The summed E-state index contributed by atoms with van der Waals surface area (Å²) in [4.78, 5) is 2.19. The van der Waals surface area contributed by atoms with Crippen molar-refractivity contribution in [2.45, 2.75) is 39.2 Å². The summed E-state index contributed by atoms with van der Waals surface area (Å²) < 4.78 is 0. The Morgan fingerprint density at radius 2 is 1.87 bits per heavy atom. The smallest absolute Gasteiger partial charge is 0.0773 e. The Hall–Kier alpha value is -0.570. The molecule has 2 rings (SSSR count). The number of hydrogen-bond acceptors (Lipinski definition) is 3. The molecule has 0 aromatic carbocycles. The van der Waals surface area contributed by atoms with Crippen molar-refractivity contribution in [2.75, 3.05) is 14.1 Å². The highest BCUT2D eigenvalue weighted by Crippen LogP contribution is 2.66. The summed E-state index contributed by atoms with van der Waals surface area (Å²) >= 11 is 0. The lowest BCUT2D eigenvalue weighted by atomic mass is 9.80. The van der Waals surface area contributed by atoms with E-state index in [0.717, 1.165) is 30.4 Å². The molecule has 1 N–H and O–H groups in total. The molecule has 86 valence electrons. The van der Waals surface area contributed by atoms with Gasteiger partial charge in [0, 0.05) is 0 Å². The highest BCUT2D eigenvalue weighted by molar-refractivity contribution is 5.94. The van der Waals surface area contributed by atoms with Crippen LogP contribution in [0, 0.1) is 17.3 Å². The van der Waals surface area contributed by atoms with Crippen molar-refractivity contribution in [1.82, 2.24) is 4.90 Å². The van der Waals surface area contributed by atoms with Gasteiger partial charge in [0.2, 0.25) is 0 Å². The first-order valence-electron chi connectivity index (χ1n) is 5.73. The predicted molar refractivity (Wildman–Crippen MR) is 61.3 cm³/mol. The van der Waals surface area contributed by atoms with E-state index in [-0.39, 0.29) is 5.54 Å². The van der Waals surface area contributed by atoms with Crippen LogP contribution in [0.4, 0.5) is 0 Å². The minimum atomic E-state index is -0.0519. The maximum Gasteiger partial charge on any atom is 0.0773 e. The van der Waals surface area contributed by atoms with Crippen LogP contribution in [0.5, 0.6) is 0 Å². The van der Waals surface area contributed by atoms with E-state index in [4.69, 9.17) is 5.21 Å². The maximum atomic E-state index is 9.14. The molecule has 0 amide bonds. The van der Waals surface area contributed by atoms with Gasteiger partial charge in [0.15, 0.2) is 0 Å². The van der Waals surface area contributed by atoms with Gasteiger partial charge in [-0.15, -0.1) is 0 Å². The minimum absolute atomic E-state index is 0.0519. The molecule has 0 aliphatic heterocycles. The fourth-order valence-electron chi connectivity index (χ4n) is 3.23. The van der Waals surface area contributed by atoms with Crippen LogP contribution in [0.1, 0.15) is 33.6 Å². The summed E-state index contributed by atoms with van der Waals surface area (Å²) in [6.45, 7) is 6.85. The molecule has 0 heterocycles. The van der Waals surface area contributed by atoms with Crippen LogP contribution in [0.3, 0.4) is 0 Å². The third-order valence-electron chi connectivity index (χ3n) is 5.05. The molecule has 0 bridgehead atoms. The van der Waals surface area contributed by atoms with E-state index in [9.17, 15) is 0 Å². The topological polar surface area (TPSA) is 35.8 Å². The maximum absolute atomic E-state index is 9.14. The van der Waals surface area contributed by atoms with Crippen LogP contribution in [0.15, 0.2) is 5.16 Å². The van der Waals surface area contributed by atoms with Gasteiger partial charge in [-0.3, -0.25) is 4.90 Å². The van der Waals surface area contributed by atoms with Crippen molar-refractivity contribution in [1.29, 1.82) is 0 Å². The molecule has 0 radical (unpaired) electrons. The minimum Gasteiger partial charge on any atom is -0.411 e. The summed E-state index contributed by atoms with van der Waals surface area (Å²) in [5, 5.41) is 12.7. The predicted octanol–water partition coefficient (Wildman–Crippen LogP) is 2.20. The molecule has 2 fully saturated rings. The molecular weight excluding hydrogens is 188 g/mol. The van der Waals surface area contributed by atoms with E-state index in [1.807, 2.05) is 0 Å². The molecule has 3 nitrogen and oxygen atoms in total. The molecule has 0 aromatic heterocycles. The summed E-state index contributed by atoms with van der Waals surface area (Å²) in [5.74, 6) is 1.53. The number of oxime groups is 1. The first-order valence-corrected chi connectivity index (χ1v) is 5.73. The fraction of sp³-hybridized carbons (Fsp3) is 0.917. The zero-order valence-corrected chi connectivity index (χ0v) is 10.4. The molecular formula is C12H22N2O. The summed E-state index contributed by atoms with van der Waals surface area (Å²) in [5.41, 5.74) is 1.35. The second kappa shape index (κ2) is 2.97. The summed E-state index contributed by atoms with van der Waals surface area (Å²) in [7, 11) is 4.14. The number of rotatable bonds is 1. The van der Waals surface area contributed by atoms with Crippen molar-refractivity contribution in [2.24, 2.45) is 22.4 Å². The SMILES string of the molecule is CN(C)[C@@]1(C)C[C@@H]2[C@H](C/C1=N/O)C2(C)C. The van der Waals surface area contributed by atoms with Gasteiger partial charge in [-0.05, 0) is 51.1 Å². The van der Waals surface area contributed by atoms with E-state index in [0.29, 0.717) is 5.41 Å². The first kappa shape index (κ1) is 10.9. The second-order valence-corrected chi connectivity index (χ2v) is 6.16. The van der Waals surface area contributed by atoms with Crippen LogP contribution in [-0.2, 0) is 0 Å². The molecule has 15 heavy (non-hydrogen) atoms. The monoisotopic (exact) mass is 210 g/mol. The Labute approximate surface area is 92.1 Å². The molecule has 0 saturated heterocycles. The molecule has 0 aromatic rings. The highest BCUT2D eigenvalue weighted by Gasteiger charge is 2.63. The van der Waals surface area contributed by atoms with Gasteiger partial charge >= 0.3 is 0 Å². The van der Waals surface area contributed by atoms with Crippen LogP contribution in [0.25, 0.3) is 0 Å². The van der Waals surface area contributed by atoms with Crippen molar-refractivity contribution in [3.63, 3.8) is 0 Å². The third-order valence-corrected chi connectivity index (χ3v) is 5.05. The molecule has 2 aliphatic carbocycles. The quantitative estimate of drug-likeness (QED) is 0.532. The largest absolute Gasteiger partial charge is 0.411 e. The first-order chi connectivity index (χ1) is 6.84. The Morgan fingerprint density at radius 1 is 1.27 bits per heavy atom. The van der Waals surface area contributed by atoms with Gasteiger partial charge in [0.05, 0.1) is 11.3 Å². The Morgan fingerprint density at radius 3 is 2.33 bits per heavy atom. The molecule has 0 unspecified atom stereocenters. The average molecular weight is 210 g/mol. The molecule has 3 atom stereocenters. The van der Waals surface area contributed by atoms with Gasteiger partial charge in [-0.25, -0.2) is 0 Å². The third kappa shape index (κ3) is 1.32. The molecule has 2 saturated carbocycles. The summed E-state index contributed by atoms with van der Waals surface area (Å²) in [6.07, 6.45) is 2.08. The molecule has 2 aliphatic rings. The van der Waals surface area contributed by atoms with Crippen molar-refractivity contribution in [3.05, 3.63) is 0 Å². The highest BCUT2D eigenvalue weighted by atomic mass is 16.4. The summed E-state index contributed by atoms with van der Waals surface area (Å²) in [6, 6.07) is 0. The van der Waals surface area contributed by atoms with E-state index >= 15 is 0 Å². The average Bonchev–Trinajstić information content (AvgIpc) is 2.66. The Balaban J connectivity index is 2.27. The van der Waals surface area contributed by atoms with Crippen molar-refractivity contribution in [3.8, 4) is 0 Å². The van der Waals surface area contributed by atoms with Gasteiger partial charge in [0.1, 0.15) is 0 Å². The lowest BCUT2D eigenvalue weighted by Gasteiger charge is -2.39. The van der Waals surface area contributed by atoms with E-state index in [2.05, 4.69) is 44.9 Å². The lowest BCUT2D eigenvalue weighted by Crippen LogP contribution is -2.51. The zero-order valence-electron chi connectivity index (χ0n) is 10.4.